The van der Waals surface area contributed by atoms with E-state index in [2.05, 4.69) is 10.1 Å². The molecule has 0 spiro atoms. The number of methoxy groups -OCH3 is 2. The SMILES string of the molecule is COC(=O)/C=C/CCNC(=O)c1c(C)n(C)c2ccc(OC)cc12. The largest absolute Gasteiger partial charge is 0.497 e. The molecule has 6 nitrogen and oxygen atoms in total. The first-order valence-corrected chi connectivity index (χ1v) is 7.65. The molecule has 0 saturated heterocycles. The molecule has 1 N–H and O–H groups in total. The second-order valence-corrected chi connectivity index (χ2v) is 5.37. The summed E-state index contributed by atoms with van der Waals surface area (Å²) in [7, 11) is 4.86. The fourth-order valence-electron chi connectivity index (χ4n) is 2.57. The van der Waals surface area contributed by atoms with E-state index in [0.29, 0.717) is 24.3 Å². The van der Waals surface area contributed by atoms with Crippen molar-refractivity contribution in [2.45, 2.75) is 13.3 Å². The fraction of sp³-hybridized carbons (Fsp3) is 0.333. The van der Waals surface area contributed by atoms with Crippen LogP contribution in [-0.4, -0.2) is 37.2 Å². The number of hydrogen-bond donors (Lipinski definition) is 1. The van der Waals surface area contributed by atoms with Crippen molar-refractivity contribution in [3.8, 4) is 5.75 Å². The van der Waals surface area contributed by atoms with Crippen molar-refractivity contribution in [1.82, 2.24) is 9.88 Å². The van der Waals surface area contributed by atoms with Gasteiger partial charge in [0.2, 0.25) is 0 Å². The van der Waals surface area contributed by atoms with Crippen molar-refractivity contribution in [2.24, 2.45) is 7.05 Å². The highest BCUT2D eigenvalue weighted by Gasteiger charge is 2.18. The number of carbonyl (C=O) groups excluding carboxylic acids is 2. The number of rotatable bonds is 6. The third-order valence-corrected chi connectivity index (χ3v) is 3.98. The monoisotopic (exact) mass is 330 g/mol. The average Bonchev–Trinajstić information content (AvgIpc) is 2.84. The minimum absolute atomic E-state index is 0.141. The second-order valence-electron chi connectivity index (χ2n) is 5.37. The second kappa shape index (κ2) is 7.68. The van der Waals surface area contributed by atoms with E-state index in [1.54, 1.807) is 13.2 Å². The summed E-state index contributed by atoms with van der Waals surface area (Å²) in [6.07, 6.45) is 3.57. The summed E-state index contributed by atoms with van der Waals surface area (Å²) >= 11 is 0. The van der Waals surface area contributed by atoms with Gasteiger partial charge in [-0.15, -0.1) is 0 Å². The van der Waals surface area contributed by atoms with E-state index >= 15 is 0 Å². The predicted molar refractivity (Wildman–Crippen MR) is 92.3 cm³/mol. The quantitative estimate of drug-likeness (QED) is 0.501. The van der Waals surface area contributed by atoms with Crippen LogP contribution in [0.4, 0.5) is 0 Å². The van der Waals surface area contributed by atoms with E-state index in [-0.39, 0.29) is 5.91 Å². The highest BCUT2D eigenvalue weighted by Crippen LogP contribution is 2.28. The van der Waals surface area contributed by atoms with E-state index in [1.165, 1.54) is 13.2 Å². The van der Waals surface area contributed by atoms with Crippen molar-refractivity contribution in [2.75, 3.05) is 20.8 Å². The van der Waals surface area contributed by atoms with E-state index in [1.807, 2.05) is 36.7 Å². The molecule has 24 heavy (non-hydrogen) atoms. The van der Waals surface area contributed by atoms with Gasteiger partial charge in [-0.1, -0.05) is 6.08 Å². The number of ether oxygens (including phenoxy) is 2. The third-order valence-electron chi connectivity index (χ3n) is 3.98. The minimum atomic E-state index is -0.404. The topological polar surface area (TPSA) is 69.6 Å². The minimum Gasteiger partial charge on any atom is -0.497 e. The number of esters is 1. The van der Waals surface area contributed by atoms with Gasteiger partial charge in [0.25, 0.3) is 5.91 Å². The maximum atomic E-state index is 12.6. The average molecular weight is 330 g/mol. The number of amides is 1. The van der Waals surface area contributed by atoms with Gasteiger partial charge >= 0.3 is 5.97 Å². The molecule has 0 bridgehead atoms. The van der Waals surface area contributed by atoms with Crippen LogP contribution in [0.25, 0.3) is 10.9 Å². The molecule has 1 heterocycles. The molecule has 0 radical (unpaired) electrons. The van der Waals surface area contributed by atoms with Gasteiger partial charge in [0.1, 0.15) is 5.75 Å². The summed E-state index contributed by atoms with van der Waals surface area (Å²) in [5, 5.41) is 3.74. The number of aromatic nitrogens is 1. The Kier molecular flexibility index (Phi) is 5.63. The Morgan fingerprint density at radius 2 is 2.04 bits per heavy atom. The molecule has 0 saturated carbocycles. The highest BCUT2D eigenvalue weighted by atomic mass is 16.5. The van der Waals surface area contributed by atoms with Crippen molar-refractivity contribution in [1.29, 1.82) is 0 Å². The normalized spacial score (nSPS) is 11.0. The molecule has 1 amide bonds. The van der Waals surface area contributed by atoms with E-state index in [4.69, 9.17) is 4.74 Å². The van der Waals surface area contributed by atoms with Gasteiger partial charge in [0.05, 0.1) is 19.8 Å². The summed E-state index contributed by atoms with van der Waals surface area (Å²) in [5.74, 6) is 0.166. The number of fused-ring (bicyclic) bond motifs is 1. The van der Waals surface area contributed by atoms with E-state index < -0.39 is 5.97 Å². The summed E-state index contributed by atoms with van der Waals surface area (Å²) in [5.41, 5.74) is 2.51. The Bertz CT molecular complexity index is 790. The molecule has 0 aliphatic heterocycles. The molecular formula is C18H22N2O4. The molecule has 0 aliphatic carbocycles. The lowest BCUT2D eigenvalue weighted by atomic mass is 10.1. The lowest BCUT2D eigenvalue weighted by Gasteiger charge is -2.05. The van der Waals surface area contributed by atoms with Gasteiger partial charge < -0.3 is 19.4 Å². The molecule has 6 heteroatoms. The summed E-state index contributed by atoms with van der Waals surface area (Å²) < 4.78 is 11.8. The van der Waals surface area contributed by atoms with Crippen LogP contribution in [0.5, 0.6) is 5.75 Å². The Balaban J connectivity index is 2.15. The zero-order chi connectivity index (χ0) is 17.7. The van der Waals surface area contributed by atoms with Gasteiger partial charge in [-0.25, -0.2) is 4.79 Å². The van der Waals surface area contributed by atoms with Crippen molar-refractivity contribution in [3.63, 3.8) is 0 Å². The lowest BCUT2D eigenvalue weighted by molar-refractivity contribution is -0.134. The fourth-order valence-corrected chi connectivity index (χ4v) is 2.57. The van der Waals surface area contributed by atoms with E-state index in [9.17, 15) is 9.59 Å². The van der Waals surface area contributed by atoms with Crippen LogP contribution in [0, 0.1) is 6.92 Å². The summed E-state index contributed by atoms with van der Waals surface area (Å²) in [6, 6.07) is 5.69. The van der Waals surface area contributed by atoms with Gasteiger partial charge in [-0.2, -0.15) is 0 Å². The predicted octanol–water partition coefficient (Wildman–Crippen LogP) is 2.34. The van der Waals surface area contributed by atoms with Gasteiger partial charge in [0.15, 0.2) is 0 Å². The van der Waals surface area contributed by atoms with Crippen LogP contribution >= 0.6 is 0 Å². The van der Waals surface area contributed by atoms with Crippen LogP contribution in [0.2, 0.25) is 0 Å². The molecular weight excluding hydrogens is 308 g/mol. The molecule has 2 rings (SSSR count). The molecule has 0 atom stereocenters. The van der Waals surface area contributed by atoms with Gasteiger partial charge in [-0.3, -0.25) is 4.79 Å². The zero-order valence-corrected chi connectivity index (χ0v) is 14.4. The summed E-state index contributed by atoms with van der Waals surface area (Å²) in [6.45, 7) is 2.35. The number of hydrogen-bond acceptors (Lipinski definition) is 4. The first kappa shape index (κ1) is 17.6. The first-order valence-electron chi connectivity index (χ1n) is 7.65. The first-order chi connectivity index (χ1) is 11.5. The number of aryl methyl sites for hydroxylation is 1. The van der Waals surface area contributed by atoms with Gasteiger partial charge in [0, 0.05) is 36.3 Å². The Labute approximate surface area is 141 Å². The number of carbonyl (C=O) groups is 2. The Hall–Kier alpha value is -2.76. The van der Waals surface area contributed by atoms with Gasteiger partial charge in [-0.05, 0) is 31.5 Å². The molecule has 1 aromatic heterocycles. The maximum Gasteiger partial charge on any atom is 0.330 e. The third kappa shape index (κ3) is 3.59. The molecule has 128 valence electrons. The van der Waals surface area contributed by atoms with Crippen LogP contribution in [-0.2, 0) is 16.6 Å². The van der Waals surface area contributed by atoms with E-state index in [0.717, 1.165) is 16.6 Å². The molecule has 0 unspecified atom stereocenters. The Morgan fingerprint density at radius 1 is 1.29 bits per heavy atom. The van der Waals surface area contributed by atoms with Crippen molar-refractivity contribution in [3.05, 3.63) is 41.6 Å². The number of benzene rings is 1. The lowest BCUT2D eigenvalue weighted by Crippen LogP contribution is -2.24. The smallest absolute Gasteiger partial charge is 0.330 e. The standard InChI is InChI=1S/C18H22N2O4/c1-12-17(18(22)19-10-6-5-7-16(21)24-4)14-11-13(23-3)8-9-15(14)20(12)2/h5,7-9,11H,6,10H2,1-4H3,(H,19,22)/b7-5+. The van der Waals surface area contributed by atoms with Crippen LogP contribution in [0.1, 0.15) is 22.5 Å². The van der Waals surface area contributed by atoms with Crippen molar-refractivity contribution < 1.29 is 19.1 Å². The molecule has 0 fully saturated rings. The number of nitrogens with zero attached hydrogens (tertiary/aromatic N) is 1. The van der Waals surface area contributed by atoms with Crippen LogP contribution < -0.4 is 10.1 Å². The zero-order valence-electron chi connectivity index (χ0n) is 14.4. The maximum absolute atomic E-state index is 12.6. The molecule has 1 aromatic carbocycles. The number of nitrogens with one attached hydrogen (secondary N) is 1. The highest BCUT2D eigenvalue weighted by molar-refractivity contribution is 6.08. The molecule has 2 aromatic rings. The van der Waals surface area contributed by atoms with Crippen LogP contribution in [0.3, 0.4) is 0 Å². The molecule has 0 aliphatic rings. The summed E-state index contributed by atoms with van der Waals surface area (Å²) in [4.78, 5) is 23.5. The van der Waals surface area contributed by atoms with Crippen molar-refractivity contribution >= 4 is 22.8 Å². The van der Waals surface area contributed by atoms with Crippen LogP contribution in [0.15, 0.2) is 30.4 Å². The Morgan fingerprint density at radius 3 is 2.71 bits per heavy atom.